The highest BCUT2D eigenvalue weighted by Gasteiger charge is 2.16. The van der Waals surface area contributed by atoms with E-state index >= 15 is 0 Å². The molecule has 5 nitrogen and oxygen atoms in total. The molecule has 0 saturated heterocycles. The fraction of sp³-hybridized carbons (Fsp3) is 0.133. The van der Waals surface area contributed by atoms with Crippen LogP contribution >= 0.6 is 15.9 Å². The van der Waals surface area contributed by atoms with Crippen LogP contribution in [-0.4, -0.2) is 28.3 Å². The average molecular weight is 347 g/mol. The lowest BCUT2D eigenvalue weighted by molar-refractivity contribution is 0.172. The second-order valence-corrected chi connectivity index (χ2v) is 5.68. The Morgan fingerprint density at radius 3 is 2.62 bits per heavy atom. The van der Waals surface area contributed by atoms with Gasteiger partial charge in [-0.1, -0.05) is 15.9 Å². The van der Waals surface area contributed by atoms with Crippen molar-refractivity contribution in [3.63, 3.8) is 0 Å². The molecule has 0 spiro atoms. The molecular formula is C15H11BrN2O3. The molecule has 2 aromatic carbocycles. The van der Waals surface area contributed by atoms with E-state index in [-0.39, 0.29) is 5.75 Å². The van der Waals surface area contributed by atoms with Crippen molar-refractivity contribution in [3.05, 3.63) is 34.8 Å². The van der Waals surface area contributed by atoms with Crippen LogP contribution in [0.1, 0.15) is 0 Å². The summed E-state index contributed by atoms with van der Waals surface area (Å²) in [5, 5.41) is 10.0. The predicted molar refractivity (Wildman–Crippen MR) is 81.9 cm³/mol. The van der Waals surface area contributed by atoms with Gasteiger partial charge in [-0.25, -0.2) is 4.98 Å². The zero-order valence-corrected chi connectivity index (χ0v) is 12.5. The van der Waals surface area contributed by atoms with Crippen LogP contribution in [0.3, 0.4) is 0 Å². The first-order valence-corrected chi connectivity index (χ1v) is 7.28. The summed E-state index contributed by atoms with van der Waals surface area (Å²) in [6, 6.07) is 9.03. The number of fused-ring (bicyclic) bond motifs is 2. The van der Waals surface area contributed by atoms with Gasteiger partial charge in [0.2, 0.25) is 0 Å². The molecule has 1 aliphatic rings. The Kier molecular flexibility index (Phi) is 2.78. The number of imidazole rings is 1. The maximum atomic E-state index is 10.0. The van der Waals surface area contributed by atoms with Crippen LogP contribution in [0.2, 0.25) is 0 Å². The van der Waals surface area contributed by atoms with Gasteiger partial charge in [0.05, 0.1) is 16.6 Å². The number of aromatic hydroxyl groups is 1. The Labute approximate surface area is 128 Å². The Morgan fingerprint density at radius 2 is 1.86 bits per heavy atom. The summed E-state index contributed by atoms with van der Waals surface area (Å²) in [6.07, 6.45) is 0. The molecule has 1 aliphatic heterocycles. The summed E-state index contributed by atoms with van der Waals surface area (Å²) in [6.45, 7) is 1.09. The zero-order valence-electron chi connectivity index (χ0n) is 10.9. The lowest BCUT2D eigenvalue weighted by Crippen LogP contribution is -2.15. The van der Waals surface area contributed by atoms with Crippen LogP contribution in [0.4, 0.5) is 0 Å². The van der Waals surface area contributed by atoms with Crippen molar-refractivity contribution in [2.45, 2.75) is 0 Å². The van der Waals surface area contributed by atoms with Crippen molar-refractivity contribution >= 4 is 27.0 Å². The summed E-state index contributed by atoms with van der Waals surface area (Å²) in [5.41, 5.74) is 2.27. The van der Waals surface area contributed by atoms with Gasteiger partial charge in [-0.05, 0) is 18.2 Å². The quantitative estimate of drug-likeness (QED) is 0.707. The molecule has 0 atom stereocenters. The highest BCUT2D eigenvalue weighted by Crippen LogP contribution is 2.36. The molecule has 3 aromatic rings. The molecule has 0 fully saturated rings. The third-order valence-electron chi connectivity index (χ3n) is 3.36. The molecule has 1 aromatic heterocycles. The van der Waals surface area contributed by atoms with E-state index in [0.29, 0.717) is 36.1 Å². The third kappa shape index (κ3) is 2.12. The van der Waals surface area contributed by atoms with Gasteiger partial charge < -0.3 is 19.6 Å². The minimum atomic E-state index is 0.167. The Hall–Kier alpha value is -2.21. The van der Waals surface area contributed by atoms with E-state index < -0.39 is 0 Å². The van der Waals surface area contributed by atoms with E-state index in [1.54, 1.807) is 6.07 Å². The smallest absolute Gasteiger partial charge is 0.163 e. The number of hydrogen-bond donors (Lipinski definition) is 2. The fourth-order valence-corrected chi connectivity index (χ4v) is 2.73. The van der Waals surface area contributed by atoms with Gasteiger partial charge in [0, 0.05) is 16.6 Å². The summed E-state index contributed by atoms with van der Waals surface area (Å²) >= 11 is 3.32. The van der Waals surface area contributed by atoms with Gasteiger partial charge in [-0.2, -0.15) is 0 Å². The van der Waals surface area contributed by atoms with Crippen molar-refractivity contribution in [1.29, 1.82) is 0 Å². The molecule has 0 saturated carbocycles. The number of nitrogens with zero attached hydrogens (tertiary/aromatic N) is 1. The van der Waals surface area contributed by atoms with Crippen LogP contribution in [-0.2, 0) is 0 Å². The average Bonchev–Trinajstić information content (AvgIpc) is 2.87. The Balaban J connectivity index is 1.86. The number of H-pyrrole nitrogens is 1. The molecule has 21 heavy (non-hydrogen) atoms. The number of halogens is 1. The van der Waals surface area contributed by atoms with Crippen molar-refractivity contribution in [2.24, 2.45) is 0 Å². The second kappa shape index (κ2) is 4.66. The molecule has 2 heterocycles. The monoisotopic (exact) mass is 346 g/mol. The second-order valence-electron chi connectivity index (χ2n) is 4.76. The zero-order chi connectivity index (χ0) is 14.4. The molecule has 0 aliphatic carbocycles. The topological polar surface area (TPSA) is 67.4 Å². The van der Waals surface area contributed by atoms with Gasteiger partial charge in [-0.15, -0.1) is 0 Å². The van der Waals surface area contributed by atoms with Crippen molar-refractivity contribution < 1.29 is 14.6 Å². The lowest BCUT2D eigenvalue weighted by atomic mass is 10.2. The summed E-state index contributed by atoms with van der Waals surface area (Å²) in [4.78, 5) is 7.72. The summed E-state index contributed by atoms with van der Waals surface area (Å²) < 4.78 is 11.9. The van der Waals surface area contributed by atoms with E-state index in [0.717, 1.165) is 15.5 Å². The minimum Gasteiger partial charge on any atom is -0.507 e. The molecule has 0 unspecified atom stereocenters. The maximum absolute atomic E-state index is 10.0. The molecule has 0 radical (unpaired) electrons. The molecule has 0 amide bonds. The molecular weight excluding hydrogens is 336 g/mol. The van der Waals surface area contributed by atoms with Crippen LogP contribution < -0.4 is 9.47 Å². The number of aromatic amines is 1. The van der Waals surface area contributed by atoms with Gasteiger partial charge in [0.15, 0.2) is 11.5 Å². The number of benzene rings is 2. The normalized spacial score (nSPS) is 13.6. The summed E-state index contributed by atoms with van der Waals surface area (Å²) in [5.74, 6) is 2.19. The molecule has 2 N–H and O–H groups in total. The predicted octanol–water partition coefficient (Wildman–Crippen LogP) is 3.47. The first-order chi connectivity index (χ1) is 10.2. The number of ether oxygens (including phenoxy) is 2. The van der Waals surface area contributed by atoms with E-state index in [1.807, 2.05) is 24.3 Å². The summed E-state index contributed by atoms with van der Waals surface area (Å²) in [7, 11) is 0. The number of phenols is 1. The third-order valence-corrected chi connectivity index (χ3v) is 3.85. The van der Waals surface area contributed by atoms with Gasteiger partial charge in [-0.3, -0.25) is 0 Å². The number of nitrogens with one attached hydrogen (secondary N) is 1. The van der Waals surface area contributed by atoms with E-state index in [9.17, 15) is 5.11 Å². The standard InChI is InChI=1S/C15H11BrN2O3/c16-8-1-2-9(12(19)5-8)15-17-10-6-13-14(7-11(10)18-15)21-4-3-20-13/h1-2,5-7,19H,3-4H2,(H,17,18). The minimum absolute atomic E-state index is 0.167. The molecule has 4 rings (SSSR count). The van der Waals surface area contributed by atoms with E-state index in [4.69, 9.17) is 9.47 Å². The highest BCUT2D eigenvalue weighted by atomic mass is 79.9. The highest BCUT2D eigenvalue weighted by molar-refractivity contribution is 9.10. The largest absolute Gasteiger partial charge is 0.507 e. The SMILES string of the molecule is Oc1cc(Br)ccc1-c1nc2cc3c(cc2[nH]1)OCCO3. The fourth-order valence-electron chi connectivity index (χ4n) is 2.38. The van der Waals surface area contributed by atoms with Gasteiger partial charge in [0.25, 0.3) is 0 Å². The first-order valence-electron chi connectivity index (χ1n) is 6.49. The lowest BCUT2D eigenvalue weighted by Gasteiger charge is -2.17. The van der Waals surface area contributed by atoms with Crippen LogP contribution in [0, 0.1) is 0 Å². The number of hydrogen-bond acceptors (Lipinski definition) is 4. The number of phenolic OH excluding ortho intramolecular Hbond substituents is 1. The van der Waals surface area contributed by atoms with Crippen molar-refractivity contribution in [1.82, 2.24) is 9.97 Å². The number of rotatable bonds is 1. The molecule has 0 bridgehead atoms. The Bertz CT molecular complexity index is 801. The van der Waals surface area contributed by atoms with E-state index in [1.165, 1.54) is 0 Å². The van der Waals surface area contributed by atoms with Crippen LogP contribution in [0.25, 0.3) is 22.4 Å². The molecule has 106 valence electrons. The molecule has 6 heteroatoms. The van der Waals surface area contributed by atoms with Crippen LogP contribution in [0.5, 0.6) is 17.2 Å². The maximum Gasteiger partial charge on any atom is 0.163 e. The van der Waals surface area contributed by atoms with Gasteiger partial charge in [0.1, 0.15) is 24.8 Å². The van der Waals surface area contributed by atoms with E-state index in [2.05, 4.69) is 25.9 Å². The van der Waals surface area contributed by atoms with Crippen molar-refractivity contribution in [2.75, 3.05) is 13.2 Å². The van der Waals surface area contributed by atoms with Crippen LogP contribution in [0.15, 0.2) is 34.8 Å². The van der Waals surface area contributed by atoms with Crippen molar-refractivity contribution in [3.8, 4) is 28.6 Å². The Morgan fingerprint density at radius 1 is 1.10 bits per heavy atom. The number of aromatic nitrogens is 2. The van der Waals surface area contributed by atoms with Gasteiger partial charge >= 0.3 is 0 Å². The first kappa shape index (κ1) is 12.5.